The maximum atomic E-state index is 11.3. The average molecular weight is 441 g/mol. The Balaban J connectivity index is 1.55. The molecule has 4 rings (SSSR count). The molecule has 31 heavy (non-hydrogen) atoms. The van der Waals surface area contributed by atoms with E-state index < -0.39 is 9.84 Å². The second kappa shape index (κ2) is 9.43. The number of aromatic nitrogens is 2. The van der Waals surface area contributed by atoms with E-state index in [2.05, 4.69) is 29.7 Å². The molecule has 0 atom stereocenters. The SMILES string of the molecule is Cc1ccc(-n2ccc3c(OCCCS(C)(=O)=O)cccc32)nc1CC1CCCCC1. The van der Waals surface area contributed by atoms with Gasteiger partial charge in [0.2, 0.25) is 0 Å². The van der Waals surface area contributed by atoms with E-state index in [9.17, 15) is 8.42 Å². The highest BCUT2D eigenvalue weighted by Crippen LogP contribution is 2.30. The van der Waals surface area contributed by atoms with E-state index >= 15 is 0 Å². The number of aryl methyl sites for hydroxylation is 1. The summed E-state index contributed by atoms with van der Waals surface area (Å²) in [6.07, 6.45) is 11.5. The van der Waals surface area contributed by atoms with Crippen LogP contribution in [0.4, 0.5) is 0 Å². The Kier molecular flexibility index (Phi) is 6.65. The third kappa shape index (κ3) is 5.48. The lowest BCUT2D eigenvalue weighted by molar-refractivity contribution is 0.321. The second-order valence-electron chi connectivity index (χ2n) is 8.85. The normalized spacial score (nSPS) is 15.4. The number of sulfone groups is 1. The lowest BCUT2D eigenvalue weighted by Gasteiger charge is -2.22. The molecule has 0 spiro atoms. The van der Waals surface area contributed by atoms with Gasteiger partial charge in [-0.05, 0) is 55.5 Å². The van der Waals surface area contributed by atoms with Crippen molar-refractivity contribution in [2.75, 3.05) is 18.6 Å². The van der Waals surface area contributed by atoms with E-state index in [0.717, 1.165) is 34.8 Å². The van der Waals surface area contributed by atoms with Crippen molar-refractivity contribution in [1.29, 1.82) is 0 Å². The number of fused-ring (bicyclic) bond motifs is 1. The first-order valence-electron chi connectivity index (χ1n) is 11.3. The molecule has 3 aromatic rings. The quantitative estimate of drug-likeness (QED) is 0.448. The van der Waals surface area contributed by atoms with Crippen LogP contribution in [0.25, 0.3) is 16.7 Å². The predicted octanol–water partition coefficient (Wildman–Crippen LogP) is 5.27. The predicted molar refractivity (Wildman–Crippen MR) is 126 cm³/mol. The first-order chi connectivity index (χ1) is 14.9. The molecule has 1 aliphatic rings. The summed E-state index contributed by atoms with van der Waals surface area (Å²) >= 11 is 0. The molecular weight excluding hydrogens is 408 g/mol. The van der Waals surface area contributed by atoms with Gasteiger partial charge >= 0.3 is 0 Å². The van der Waals surface area contributed by atoms with Crippen molar-refractivity contribution in [2.24, 2.45) is 5.92 Å². The van der Waals surface area contributed by atoms with Crippen molar-refractivity contribution in [3.63, 3.8) is 0 Å². The van der Waals surface area contributed by atoms with Crippen molar-refractivity contribution < 1.29 is 13.2 Å². The third-order valence-corrected chi connectivity index (χ3v) is 7.28. The molecule has 1 aliphatic carbocycles. The van der Waals surface area contributed by atoms with Crippen LogP contribution in [0.2, 0.25) is 0 Å². The summed E-state index contributed by atoms with van der Waals surface area (Å²) in [5, 5.41) is 1.01. The van der Waals surface area contributed by atoms with Gasteiger partial charge in [0.25, 0.3) is 0 Å². The molecule has 2 aromatic heterocycles. The van der Waals surface area contributed by atoms with Gasteiger partial charge in [0.05, 0.1) is 17.9 Å². The fourth-order valence-corrected chi connectivity index (χ4v) is 5.18. The molecule has 0 amide bonds. The van der Waals surface area contributed by atoms with Gasteiger partial charge < -0.3 is 9.30 Å². The van der Waals surface area contributed by atoms with E-state index in [1.165, 1.54) is 49.6 Å². The molecule has 0 saturated heterocycles. The molecular formula is C25H32N2O3S. The smallest absolute Gasteiger partial charge is 0.147 e. The highest BCUT2D eigenvalue weighted by Gasteiger charge is 2.17. The van der Waals surface area contributed by atoms with E-state index in [0.29, 0.717) is 13.0 Å². The molecule has 1 saturated carbocycles. The highest BCUT2D eigenvalue weighted by molar-refractivity contribution is 7.90. The fraction of sp³-hybridized carbons (Fsp3) is 0.480. The largest absolute Gasteiger partial charge is 0.493 e. The Bertz CT molecular complexity index is 1140. The summed E-state index contributed by atoms with van der Waals surface area (Å²) in [4.78, 5) is 5.05. The number of nitrogens with zero attached hydrogens (tertiary/aromatic N) is 2. The lowest BCUT2D eigenvalue weighted by atomic mass is 9.85. The van der Waals surface area contributed by atoms with Crippen molar-refractivity contribution in [3.8, 4) is 11.6 Å². The van der Waals surface area contributed by atoms with E-state index in [4.69, 9.17) is 9.72 Å². The van der Waals surface area contributed by atoms with Crippen LogP contribution in [0, 0.1) is 12.8 Å². The monoisotopic (exact) mass is 440 g/mol. The van der Waals surface area contributed by atoms with Gasteiger partial charge in [0.15, 0.2) is 0 Å². The summed E-state index contributed by atoms with van der Waals surface area (Å²) in [6.45, 7) is 2.54. The number of benzene rings is 1. The van der Waals surface area contributed by atoms with Gasteiger partial charge in [0, 0.05) is 23.5 Å². The zero-order valence-electron chi connectivity index (χ0n) is 18.5. The Hall–Kier alpha value is -2.34. The maximum Gasteiger partial charge on any atom is 0.147 e. The standard InChI is InChI=1S/C25H32N2O3S/c1-19-12-13-25(26-22(19)18-20-8-4-3-5-9-20)27-15-14-21-23(27)10-6-11-24(21)30-16-7-17-31(2,28)29/h6,10-15,20H,3-5,7-9,16-18H2,1-2H3. The minimum atomic E-state index is -2.96. The van der Waals surface area contributed by atoms with Crippen LogP contribution in [-0.2, 0) is 16.3 Å². The molecule has 166 valence electrons. The average Bonchev–Trinajstić information content (AvgIpc) is 3.18. The Labute approximate surface area is 185 Å². The topological polar surface area (TPSA) is 61.2 Å². The summed E-state index contributed by atoms with van der Waals surface area (Å²) in [5.74, 6) is 2.60. The first-order valence-corrected chi connectivity index (χ1v) is 13.3. The van der Waals surface area contributed by atoms with Gasteiger partial charge in [0.1, 0.15) is 21.4 Å². The molecule has 0 aliphatic heterocycles. The maximum absolute atomic E-state index is 11.3. The molecule has 5 nitrogen and oxygen atoms in total. The van der Waals surface area contributed by atoms with Crippen LogP contribution >= 0.6 is 0 Å². The number of hydrogen-bond donors (Lipinski definition) is 0. The van der Waals surface area contributed by atoms with Gasteiger partial charge in [-0.1, -0.05) is 44.2 Å². The van der Waals surface area contributed by atoms with E-state index in [1.807, 2.05) is 24.4 Å². The number of ether oxygens (including phenoxy) is 1. The van der Waals surface area contributed by atoms with Gasteiger partial charge in [-0.25, -0.2) is 13.4 Å². The lowest BCUT2D eigenvalue weighted by Crippen LogP contribution is -2.12. The minimum absolute atomic E-state index is 0.140. The first kappa shape index (κ1) is 21.9. The third-order valence-electron chi connectivity index (χ3n) is 6.25. The molecule has 1 fully saturated rings. The molecule has 0 unspecified atom stereocenters. The van der Waals surface area contributed by atoms with Crippen LogP contribution in [0.3, 0.4) is 0 Å². The van der Waals surface area contributed by atoms with Crippen LogP contribution in [-0.4, -0.2) is 36.6 Å². The number of pyridine rings is 1. The molecule has 6 heteroatoms. The summed E-state index contributed by atoms with van der Waals surface area (Å²) in [5.41, 5.74) is 3.51. The summed E-state index contributed by atoms with van der Waals surface area (Å²) in [7, 11) is -2.96. The Morgan fingerprint density at radius 1 is 1.10 bits per heavy atom. The molecule has 0 bridgehead atoms. The Morgan fingerprint density at radius 2 is 1.90 bits per heavy atom. The van der Waals surface area contributed by atoms with Crippen LogP contribution < -0.4 is 4.74 Å². The van der Waals surface area contributed by atoms with Crippen molar-refractivity contribution >= 4 is 20.7 Å². The highest BCUT2D eigenvalue weighted by atomic mass is 32.2. The fourth-order valence-electron chi connectivity index (χ4n) is 4.53. The van der Waals surface area contributed by atoms with E-state index in [-0.39, 0.29) is 5.75 Å². The second-order valence-corrected chi connectivity index (χ2v) is 11.1. The van der Waals surface area contributed by atoms with Crippen molar-refractivity contribution in [1.82, 2.24) is 9.55 Å². The zero-order valence-corrected chi connectivity index (χ0v) is 19.3. The zero-order chi connectivity index (χ0) is 21.8. The van der Waals surface area contributed by atoms with E-state index in [1.54, 1.807) is 0 Å². The van der Waals surface area contributed by atoms with Crippen LogP contribution in [0.5, 0.6) is 5.75 Å². The van der Waals surface area contributed by atoms with Crippen LogP contribution in [0.1, 0.15) is 49.8 Å². The molecule has 0 radical (unpaired) electrons. The Morgan fingerprint density at radius 3 is 2.68 bits per heavy atom. The van der Waals surface area contributed by atoms with Gasteiger partial charge in [-0.2, -0.15) is 0 Å². The van der Waals surface area contributed by atoms with Gasteiger partial charge in [-0.15, -0.1) is 0 Å². The number of rotatable bonds is 8. The van der Waals surface area contributed by atoms with Gasteiger partial charge in [-0.3, -0.25) is 0 Å². The van der Waals surface area contributed by atoms with Crippen molar-refractivity contribution in [3.05, 3.63) is 53.9 Å². The van der Waals surface area contributed by atoms with Crippen LogP contribution in [0.15, 0.2) is 42.6 Å². The molecule has 0 N–H and O–H groups in total. The summed E-state index contributed by atoms with van der Waals surface area (Å²) in [6, 6.07) is 12.3. The number of hydrogen-bond acceptors (Lipinski definition) is 4. The molecule has 2 heterocycles. The molecule has 1 aromatic carbocycles. The summed E-state index contributed by atoms with van der Waals surface area (Å²) < 4.78 is 30.7. The van der Waals surface area contributed by atoms with Crippen molar-refractivity contribution in [2.45, 2.75) is 51.9 Å². The minimum Gasteiger partial charge on any atom is -0.493 e.